The number of carbonyl (C=O) groups excluding carboxylic acids is 2. The minimum Gasteiger partial charge on any atom is -0.460 e. The van der Waals surface area contributed by atoms with Crippen LogP contribution in [0.2, 0.25) is 0 Å². The zero-order chi connectivity index (χ0) is 20.1. The molecule has 0 amide bonds. The van der Waals surface area contributed by atoms with Crippen molar-refractivity contribution in [3.8, 4) is 0 Å². The minimum atomic E-state index is -0.503. The van der Waals surface area contributed by atoms with Crippen LogP contribution in [0.25, 0.3) is 0 Å². The van der Waals surface area contributed by atoms with Gasteiger partial charge < -0.3 is 19.5 Å². The molecule has 0 radical (unpaired) electrons. The Morgan fingerprint density at radius 3 is 2.39 bits per heavy atom. The molecule has 1 atom stereocenters. The molecule has 0 bridgehead atoms. The molecule has 1 aromatic rings. The van der Waals surface area contributed by atoms with Crippen molar-refractivity contribution in [1.82, 2.24) is 5.32 Å². The summed E-state index contributed by atoms with van der Waals surface area (Å²) in [6.45, 7) is 4.16. The number of nitrogens with one attached hydrogen (secondary N) is 1. The van der Waals surface area contributed by atoms with E-state index in [1.165, 1.54) is 11.3 Å². The fraction of sp³-hybridized carbons (Fsp3) is 0.524. The zero-order valence-electron chi connectivity index (χ0n) is 16.6. The van der Waals surface area contributed by atoms with Gasteiger partial charge >= 0.3 is 11.9 Å². The van der Waals surface area contributed by atoms with Gasteiger partial charge in [-0.2, -0.15) is 11.3 Å². The third-order valence-corrected chi connectivity index (χ3v) is 5.87. The third-order valence-electron chi connectivity index (χ3n) is 5.17. The largest absolute Gasteiger partial charge is 0.460 e. The predicted molar refractivity (Wildman–Crippen MR) is 107 cm³/mol. The molecule has 2 heterocycles. The van der Waals surface area contributed by atoms with E-state index in [1.54, 1.807) is 7.11 Å². The fourth-order valence-electron chi connectivity index (χ4n) is 3.82. The Kier molecular flexibility index (Phi) is 6.91. The van der Waals surface area contributed by atoms with Gasteiger partial charge in [-0.1, -0.05) is 0 Å². The van der Waals surface area contributed by atoms with E-state index in [-0.39, 0.29) is 18.7 Å². The highest BCUT2D eigenvalue weighted by Crippen LogP contribution is 2.40. The lowest BCUT2D eigenvalue weighted by Gasteiger charge is -2.30. The molecule has 1 aliphatic heterocycles. The summed E-state index contributed by atoms with van der Waals surface area (Å²) in [6, 6.07) is 1.94. The number of dihydropyridines is 1. The predicted octanol–water partition coefficient (Wildman–Crippen LogP) is 3.66. The lowest BCUT2D eigenvalue weighted by Crippen LogP contribution is -2.33. The van der Waals surface area contributed by atoms with Crippen LogP contribution in [0.5, 0.6) is 0 Å². The molecule has 1 saturated carbocycles. The number of methoxy groups -OCH3 is 1. The molecule has 0 aromatic carbocycles. The van der Waals surface area contributed by atoms with Crippen LogP contribution in [0.4, 0.5) is 0 Å². The molecule has 7 heteroatoms. The van der Waals surface area contributed by atoms with Crippen molar-refractivity contribution in [2.75, 3.05) is 20.3 Å². The van der Waals surface area contributed by atoms with Crippen LogP contribution in [0.3, 0.4) is 0 Å². The van der Waals surface area contributed by atoms with Crippen molar-refractivity contribution in [3.05, 3.63) is 44.9 Å². The van der Waals surface area contributed by atoms with E-state index in [4.69, 9.17) is 14.2 Å². The molecular weight excluding hydrogens is 378 g/mol. The van der Waals surface area contributed by atoms with E-state index in [2.05, 4.69) is 5.32 Å². The van der Waals surface area contributed by atoms with Gasteiger partial charge in [0.25, 0.3) is 0 Å². The number of allylic oxidation sites excluding steroid dienone is 2. The highest BCUT2D eigenvalue weighted by atomic mass is 32.1. The van der Waals surface area contributed by atoms with Gasteiger partial charge in [-0.3, -0.25) is 0 Å². The molecule has 28 heavy (non-hydrogen) atoms. The Morgan fingerprint density at radius 2 is 1.79 bits per heavy atom. The maximum absolute atomic E-state index is 13.1. The van der Waals surface area contributed by atoms with Crippen LogP contribution >= 0.6 is 11.3 Å². The maximum atomic E-state index is 13.1. The van der Waals surface area contributed by atoms with E-state index in [0.29, 0.717) is 29.1 Å². The summed E-state index contributed by atoms with van der Waals surface area (Å²) in [5.74, 6) is -1.31. The Labute approximate surface area is 169 Å². The van der Waals surface area contributed by atoms with E-state index < -0.39 is 11.9 Å². The van der Waals surface area contributed by atoms with Gasteiger partial charge in [0.15, 0.2) is 0 Å². The van der Waals surface area contributed by atoms with Gasteiger partial charge in [0.2, 0.25) is 0 Å². The average Bonchev–Trinajstić information content (AvgIpc) is 3.34. The number of hydrogen-bond acceptors (Lipinski definition) is 7. The summed E-state index contributed by atoms with van der Waals surface area (Å²) in [7, 11) is 1.55. The number of ether oxygens (including phenoxy) is 3. The fourth-order valence-corrected chi connectivity index (χ4v) is 4.51. The van der Waals surface area contributed by atoms with Gasteiger partial charge in [-0.15, -0.1) is 0 Å². The summed E-state index contributed by atoms with van der Waals surface area (Å²) >= 11 is 1.53. The average molecular weight is 406 g/mol. The molecule has 2 aliphatic rings. The maximum Gasteiger partial charge on any atom is 0.337 e. The van der Waals surface area contributed by atoms with Crippen LogP contribution in [-0.4, -0.2) is 38.4 Å². The van der Waals surface area contributed by atoms with Crippen LogP contribution in [0, 0.1) is 0 Å². The first-order valence-corrected chi connectivity index (χ1v) is 10.5. The Bertz CT molecular complexity index is 775. The van der Waals surface area contributed by atoms with E-state index in [9.17, 15) is 9.59 Å². The zero-order valence-corrected chi connectivity index (χ0v) is 17.4. The van der Waals surface area contributed by atoms with Gasteiger partial charge in [0, 0.05) is 18.5 Å². The Hall–Kier alpha value is -2.12. The molecular formula is C21H27NO5S. The molecule has 1 N–H and O–H groups in total. The topological polar surface area (TPSA) is 73.9 Å². The van der Waals surface area contributed by atoms with E-state index >= 15 is 0 Å². The lowest BCUT2D eigenvalue weighted by atomic mass is 9.81. The standard InChI is InChI=1S/C21H27NO5S/c1-13-17(20(23)26-10-9-25-3)19(15-8-11-28-12-15)18(14(2)22-13)21(24)27-16-6-4-5-7-16/h8,11-12,16,19,22H,4-7,9-10H2,1-3H3. The normalized spacial score (nSPS) is 20.3. The monoisotopic (exact) mass is 405 g/mol. The van der Waals surface area contributed by atoms with Gasteiger partial charge in [-0.05, 0) is 61.9 Å². The molecule has 1 fully saturated rings. The molecule has 152 valence electrons. The molecule has 1 unspecified atom stereocenters. The molecule has 1 aromatic heterocycles. The SMILES string of the molecule is COCCOC(=O)C1=C(C)NC(C)=C(C(=O)OC2CCCC2)C1c1ccsc1. The summed E-state index contributed by atoms with van der Waals surface area (Å²) in [5.41, 5.74) is 3.22. The summed E-state index contributed by atoms with van der Waals surface area (Å²) in [5, 5.41) is 7.08. The smallest absolute Gasteiger partial charge is 0.337 e. The molecule has 0 spiro atoms. The third kappa shape index (κ3) is 4.47. The van der Waals surface area contributed by atoms with Crippen molar-refractivity contribution in [2.24, 2.45) is 0 Å². The van der Waals surface area contributed by atoms with Gasteiger partial charge in [-0.25, -0.2) is 9.59 Å². The van der Waals surface area contributed by atoms with Crippen molar-refractivity contribution in [2.45, 2.75) is 51.6 Å². The second-order valence-corrected chi connectivity index (χ2v) is 7.91. The van der Waals surface area contributed by atoms with Crippen LogP contribution in [0.15, 0.2) is 39.4 Å². The highest BCUT2D eigenvalue weighted by molar-refractivity contribution is 7.08. The van der Waals surface area contributed by atoms with Gasteiger partial charge in [0.1, 0.15) is 12.7 Å². The number of carbonyl (C=O) groups is 2. The second kappa shape index (κ2) is 9.39. The second-order valence-electron chi connectivity index (χ2n) is 7.13. The molecule has 0 saturated heterocycles. The Morgan fingerprint density at radius 1 is 1.11 bits per heavy atom. The molecule has 1 aliphatic carbocycles. The summed E-state index contributed by atoms with van der Waals surface area (Å²) in [4.78, 5) is 26.0. The molecule has 3 rings (SSSR count). The summed E-state index contributed by atoms with van der Waals surface area (Å²) < 4.78 is 16.1. The highest BCUT2D eigenvalue weighted by Gasteiger charge is 2.39. The van der Waals surface area contributed by atoms with Crippen molar-refractivity contribution >= 4 is 23.3 Å². The number of rotatable bonds is 7. The van der Waals surface area contributed by atoms with Crippen LogP contribution < -0.4 is 5.32 Å². The first-order chi connectivity index (χ1) is 13.5. The van der Waals surface area contributed by atoms with Gasteiger partial charge in [0.05, 0.1) is 23.7 Å². The van der Waals surface area contributed by atoms with E-state index in [0.717, 1.165) is 31.2 Å². The lowest BCUT2D eigenvalue weighted by molar-refractivity contribution is -0.144. The Balaban J connectivity index is 1.92. The van der Waals surface area contributed by atoms with Crippen molar-refractivity contribution in [1.29, 1.82) is 0 Å². The van der Waals surface area contributed by atoms with Crippen molar-refractivity contribution < 1.29 is 23.8 Å². The first kappa shape index (κ1) is 20.6. The number of thiophene rings is 1. The van der Waals surface area contributed by atoms with Crippen LogP contribution in [-0.2, 0) is 23.8 Å². The van der Waals surface area contributed by atoms with Crippen molar-refractivity contribution in [3.63, 3.8) is 0 Å². The minimum absolute atomic E-state index is 0.0416. The number of hydrogen-bond donors (Lipinski definition) is 1. The van der Waals surface area contributed by atoms with E-state index in [1.807, 2.05) is 30.7 Å². The quantitative estimate of drug-likeness (QED) is 0.551. The molecule has 6 nitrogen and oxygen atoms in total. The first-order valence-electron chi connectivity index (χ1n) is 9.60. The van der Waals surface area contributed by atoms with Crippen LogP contribution in [0.1, 0.15) is 51.0 Å². The number of esters is 2. The summed E-state index contributed by atoms with van der Waals surface area (Å²) in [6.07, 6.45) is 3.92.